The van der Waals surface area contributed by atoms with Gasteiger partial charge in [-0.1, -0.05) is 0 Å². The number of carbonyl (C=O) groups excluding carboxylic acids is 1. The Morgan fingerprint density at radius 3 is 3.12 bits per heavy atom. The largest absolute Gasteiger partial charge is 0.488 e. The second-order valence-corrected chi connectivity index (χ2v) is 7.62. The predicted octanol–water partition coefficient (Wildman–Crippen LogP) is 0.495. The van der Waals surface area contributed by atoms with E-state index in [1.54, 1.807) is 10.9 Å². The highest BCUT2D eigenvalue weighted by Gasteiger charge is 2.54. The maximum absolute atomic E-state index is 10.8. The van der Waals surface area contributed by atoms with Crippen LogP contribution in [0.4, 0.5) is 5.82 Å². The van der Waals surface area contributed by atoms with Gasteiger partial charge in [-0.3, -0.25) is 9.36 Å². The highest BCUT2D eigenvalue weighted by Crippen LogP contribution is 2.62. The lowest BCUT2D eigenvalue weighted by Gasteiger charge is -2.29. The quantitative estimate of drug-likeness (QED) is 0.346. The van der Waals surface area contributed by atoms with E-state index in [4.69, 9.17) is 36.3 Å². The zero-order valence-corrected chi connectivity index (χ0v) is 14.7. The molecular formula is C13H16BN5O6P+. The average Bonchev–Trinajstić information content (AvgIpc) is 3.18. The first-order valence-electron chi connectivity index (χ1n) is 7.82. The lowest BCUT2D eigenvalue weighted by atomic mass is 10.2. The molecule has 26 heavy (non-hydrogen) atoms. The Hall–Kier alpha value is -1.85. The van der Waals surface area contributed by atoms with Gasteiger partial charge in [-0.05, 0) is 0 Å². The van der Waals surface area contributed by atoms with Crippen LogP contribution in [0.3, 0.4) is 0 Å². The van der Waals surface area contributed by atoms with E-state index in [-0.39, 0.29) is 31.8 Å². The Kier molecular flexibility index (Phi) is 4.53. The van der Waals surface area contributed by atoms with Gasteiger partial charge >= 0.3 is 21.4 Å². The van der Waals surface area contributed by atoms with E-state index in [0.717, 1.165) is 0 Å². The Labute approximate surface area is 150 Å². The van der Waals surface area contributed by atoms with Crippen molar-refractivity contribution in [2.24, 2.45) is 0 Å². The lowest BCUT2D eigenvalue weighted by Crippen LogP contribution is -2.35. The average molecular weight is 380 g/mol. The van der Waals surface area contributed by atoms with Crippen LogP contribution < -0.4 is 5.73 Å². The molecular weight excluding hydrogens is 364 g/mol. The number of hydrogen-bond acceptors (Lipinski definition) is 10. The van der Waals surface area contributed by atoms with Crippen molar-refractivity contribution in [2.45, 2.75) is 31.8 Å². The highest BCUT2D eigenvalue weighted by molar-refractivity contribution is 7.85. The smallest absolute Gasteiger partial charge is 0.434 e. The summed E-state index contributed by atoms with van der Waals surface area (Å²) in [4.78, 5) is 23.2. The topological polar surface area (TPSA) is 133 Å². The van der Waals surface area contributed by atoms with Crippen molar-refractivity contribution < 1.29 is 27.8 Å². The summed E-state index contributed by atoms with van der Waals surface area (Å²) >= 11 is 0. The summed E-state index contributed by atoms with van der Waals surface area (Å²) in [6, 6.07) is 0. The predicted molar refractivity (Wildman–Crippen MR) is 89.5 cm³/mol. The number of rotatable bonds is 4. The fourth-order valence-electron chi connectivity index (χ4n) is 2.86. The molecule has 2 fully saturated rings. The van der Waals surface area contributed by atoms with Crippen molar-refractivity contribution in [3.8, 4) is 0 Å². The van der Waals surface area contributed by atoms with E-state index in [9.17, 15) is 4.79 Å². The van der Waals surface area contributed by atoms with Gasteiger partial charge in [-0.2, -0.15) is 13.6 Å². The first-order valence-corrected chi connectivity index (χ1v) is 9.43. The van der Waals surface area contributed by atoms with Gasteiger partial charge < -0.3 is 15.2 Å². The number of esters is 1. The molecule has 1 unspecified atom stereocenters. The molecule has 2 N–H and O–H groups in total. The van der Waals surface area contributed by atoms with Gasteiger partial charge in [0.05, 0.1) is 6.33 Å². The molecule has 2 aliphatic rings. The molecule has 0 aliphatic carbocycles. The second kappa shape index (κ2) is 6.71. The monoisotopic (exact) mass is 380 g/mol. The van der Waals surface area contributed by atoms with Gasteiger partial charge in [0.15, 0.2) is 11.5 Å². The number of nitrogens with two attached hydrogens (primary N) is 1. The normalized spacial score (nSPS) is 31.0. The van der Waals surface area contributed by atoms with Crippen molar-refractivity contribution >= 4 is 38.3 Å². The number of nitrogen functional groups attached to an aromatic ring is 1. The fourth-order valence-corrected chi connectivity index (χ4v) is 4.21. The minimum Gasteiger partial charge on any atom is -0.434 e. The molecule has 0 aromatic carbocycles. The SMILES string of the molecule is [B][P+]1(OCOC(C)=O)OC[C@H]2O[C@@H](n3cnc4c(N)ncnc43)C[C@@H]2O1. The van der Waals surface area contributed by atoms with Gasteiger partial charge in [0.2, 0.25) is 6.79 Å². The maximum atomic E-state index is 10.8. The van der Waals surface area contributed by atoms with Crippen LogP contribution in [0.5, 0.6) is 0 Å². The lowest BCUT2D eigenvalue weighted by molar-refractivity contribution is -0.149. The van der Waals surface area contributed by atoms with Crippen LogP contribution >= 0.6 is 7.82 Å². The van der Waals surface area contributed by atoms with Crippen molar-refractivity contribution in [1.82, 2.24) is 19.5 Å². The number of anilines is 1. The molecule has 2 radical (unpaired) electrons. The number of imidazole rings is 1. The van der Waals surface area contributed by atoms with E-state index in [1.807, 2.05) is 0 Å². The van der Waals surface area contributed by atoms with Crippen molar-refractivity contribution in [2.75, 3.05) is 19.1 Å². The summed E-state index contributed by atoms with van der Waals surface area (Å²) < 4.78 is 29.0. The third-order valence-electron chi connectivity index (χ3n) is 4.07. The second-order valence-electron chi connectivity index (χ2n) is 5.81. The number of nitrogens with zero attached hydrogens (tertiary/aromatic N) is 4. The zero-order chi connectivity index (χ0) is 18.3. The Bertz CT molecular complexity index is 838. The van der Waals surface area contributed by atoms with Gasteiger partial charge in [-0.25, -0.2) is 15.0 Å². The van der Waals surface area contributed by atoms with Crippen LogP contribution in [0.1, 0.15) is 19.6 Å². The van der Waals surface area contributed by atoms with Gasteiger partial charge in [0, 0.05) is 13.3 Å². The molecule has 0 bridgehead atoms. The van der Waals surface area contributed by atoms with E-state index < -0.39 is 13.8 Å². The van der Waals surface area contributed by atoms with E-state index in [2.05, 4.69) is 15.0 Å². The minimum atomic E-state index is -3.08. The first-order chi connectivity index (χ1) is 12.5. The van der Waals surface area contributed by atoms with E-state index in [0.29, 0.717) is 23.4 Å². The zero-order valence-electron chi connectivity index (χ0n) is 13.8. The summed E-state index contributed by atoms with van der Waals surface area (Å²) in [6.45, 7) is 1.14. The Balaban J connectivity index is 1.46. The number of aromatic nitrogens is 4. The van der Waals surface area contributed by atoms with Crippen LogP contribution in [-0.4, -0.2) is 58.7 Å². The molecule has 2 aliphatic heterocycles. The van der Waals surface area contributed by atoms with E-state index >= 15 is 0 Å². The molecule has 0 spiro atoms. The Morgan fingerprint density at radius 2 is 2.31 bits per heavy atom. The molecule has 13 heteroatoms. The molecule has 136 valence electrons. The van der Waals surface area contributed by atoms with Crippen LogP contribution in [0.2, 0.25) is 0 Å². The molecule has 4 atom stereocenters. The molecule has 0 saturated carbocycles. The molecule has 2 saturated heterocycles. The van der Waals surface area contributed by atoms with Crippen molar-refractivity contribution in [1.29, 1.82) is 0 Å². The van der Waals surface area contributed by atoms with Crippen LogP contribution in [-0.2, 0) is 27.8 Å². The molecule has 4 heterocycles. The minimum absolute atomic E-state index is 0.204. The molecule has 2 aromatic rings. The first kappa shape index (κ1) is 17.6. The molecule has 11 nitrogen and oxygen atoms in total. The Morgan fingerprint density at radius 1 is 1.46 bits per heavy atom. The summed E-state index contributed by atoms with van der Waals surface area (Å²) in [5.41, 5.74) is 6.89. The number of carbonyl (C=O) groups is 1. The summed E-state index contributed by atoms with van der Waals surface area (Å²) in [7, 11) is 2.94. The maximum Gasteiger partial charge on any atom is 0.488 e. The van der Waals surface area contributed by atoms with Crippen molar-refractivity contribution in [3.63, 3.8) is 0 Å². The van der Waals surface area contributed by atoms with Gasteiger partial charge in [-0.15, -0.1) is 0 Å². The van der Waals surface area contributed by atoms with E-state index in [1.165, 1.54) is 13.3 Å². The van der Waals surface area contributed by atoms with Gasteiger partial charge in [0.1, 0.15) is 36.9 Å². The van der Waals surface area contributed by atoms with Crippen LogP contribution in [0, 0.1) is 0 Å². The number of hydrogen-bond donors (Lipinski definition) is 1. The summed E-state index contributed by atoms with van der Waals surface area (Å²) in [5, 5.41) is 0. The fraction of sp³-hybridized carbons (Fsp3) is 0.538. The summed E-state index contributed by atoms with van der Waals surface area (Å²) in [5.74, 6) is -0.182. The van der Waals surface area contributed by atoms with Crippen LogP contribution in [0.25, 0.3) is 11.2 Å². The highest BCUT2D eigenvalue weighted by atomic mass is 31.2. The van der Waals surface area contributed by atoms with Crippen LogP contribution in [0.15, 0.2) is 12.7 Å². The number of ether oxygens (including phenoxy) is 2. The van der Waals surface area contributed by atoms with Gasteiger partial charge in [0.25, 0.3) is 0 Å². The third kappa shape index (κ3) is 3.26. The molecule has 4 rings (SSSR count). The van der Waals surface area contributed by atoms with Crippen molar-refractivity contribution in [3.05, 3.63) is 12.7 Å². The molecule has 2 aromatic heterocycles. The summed E-state index contributed by atoms with van der Waals surface area (Å²) in [6.07, 6.45) is 2.45. The number of fused-ring (bicyclic) bond motifs is 2. The molecule has 0 amide bonds. The standard InChI is InChI=1S/C13H16BN5O6P/c1-7(20)21-6-23-26(14)22-3-9-8(25-26)2-10(24-9)19-5-18-11-12(15)16-4-17-13(11)19/h4-5,8-10H,2-3,6H2,1H3,(H2,15,16,17)/q+1/t8-,9+,10+,26?/m0/s1. The third-order valence-corrected chi connectivity index (χ3v) is 5.61.